The van der Waals surface area contributed by atoms with E-state index in [2.05, 4.69) is 0 Å². The van der Waals surface area contributed by atoms with Gasteiger partial charge in [-0.25, -0.2) is 8.42 Å². The van der Waals surface area contributed by atoms with Crippen molar-refractivity contribution in [3.8, 4) is 0 Å². The molecule has 0 aromatic heterocycles. The second-order valence-electron chi connectivity index (χ2n) is 5.96. The lowest BCUT2D eigenvalue weighted by Crippen LogP contribution is -2.45. The molecule has 104 valence electrons. The van der Waals surface area contributed by atoms with Crippen molar-refractivity contribution in [3.63, 3.8) is 0 Å². The van der Waals surface area contributed by atoms with Crippen LogP contribution in [0.3, 0.4) is 0 Å². The van der Waals surface area contributed by atoms with Gasteiger partial charge in [-0.2, -0.15) is 0 Å². The number of rotatable bonds is 4. The van der Waals surface area contributed by atoms with Crippen LogP contribution in [0.25, 0.3) is 0 Å². The molecule has 0 radical (unpaired) electrons. The summed E-state index contributed by atoms with van der Waals surface area (Å²) in [6.45, 7) is 6.29. The molecular weight excluding hydrogens is 256 g/mol. The Kier molecular flexibility index (Phi) is 2.76. The van der Waals surface area contributed by atoms with Crippen LogP contribution < -0.4 is 0 Å². The van der Waals surface area contributed by atoms with Crippen LogP contribution in [0, 0.1) is 0 Å². The Morgan fingerprint density at radius 1 is 1.39 bits per heavy atom. The average molecular weight is 276 g/mol. The number of hydrogen-bond donors (Lipinski definition) is 1. The normalized spacial score (nSPS) is 25.1. The molecule has 1 aliphatic heterocycles. The molecule has 0 aromatic rings. The SMILES string of the molecule is CC1(C)OC=C(C(C)(C)S(=O)(=O)C2(CO)CC2)O1. The molecule has 0 atom stereocenters. The first-order valence-corrected chi connectivity index (χ1v) is 7.49. The Hall–Kier alpha value is -0.750. The summed E-state index contributed by atoms with van der Waals surface area (Å²) in [6.07, 6.45) is 2.38. The van der Waals surface area contributed by atoms with Crippen molar-refractivity contribution in [2.75, 3.05) is 6.61 Å². The van der Waals surface area contributed by atoms with Gasteiger partial charge in [0.2, 0.25) is 5.79 Å². The van der Waals surface area contributed by atoms with E-state index in [0.717, 1.165) is 0 Å². The van der Waals surface area contributed by atoms with Crippen molar-refractivity contribution in [1.29, 1.82) is 0 Å². The summed E-state index contributed by atoms with van der Waals surface area (Å²) in [5, 5.41) is 9.33. The van der Waals surface area contributed by atoms with Gasteiger partial charge in [-0.1, -0.05) is 0 Å². The lowest BCUT2D eigenvalue weighted by atomic mass is 10.2. The van der Waals surface area contributed by atoms with Gasteiger partial charge in [-0.15, -0.1) is 0 Å². The van der Waals surface area contributed by atoms with Crippen molar-refractivity contribution in [3.05, 3.63) is 12.0 Å². The minimum absolute atomic E-state index is 0.298. The second kappa shape index (κ2) is 3.63. The molecule has 1 aliphatic carbocycles. The monoisotopic (exact) mass is 276 g/mol. The number of aliphatic hydroxyl groups is 1. The van der Waals surface area contributed by atoms with Crippen LogP contribution in [-0.2, 0) is 19.3 Å². The molecule has 0 saturated heterocycles. The second-order valence-corrected chi connectivity index (χ2v) is 8.85. The molecule has 18 heavy (non-hydrogen) atoms. The lowest BCUT2D eigenvalue weighted by Gasteiger charge is -2.30. The van der Waals surface area contributed by atoms with E-state index >= 15 is 0 Å². The molecule has 1 N–H and O–H groups in total. The third-order valence-electron chi connectivity index (χ3n) is 3.74. The predicted molar refractivity (Wildman–Crippen MR) is 66.4 cm³/mol. The fourth-order valence-corrected chi connectivity index (χ4v) is 4.34. The van der Waals surface area contributed by atoms with Crippen LogP contribution in [0.1, 0.15) is 40.5 Å². The zero-order valence-corrected chi connectivity index (χ0v) is 12.0. The summed E-state index contributed by atoms with van der Waals surface area (Å²) in [4.78, 5) is 0. The first-order valence-electron chi connectivity index (χ1n) is 6.01. The van der Waals surface area contributed by atoms with Crippen LogP contribution in [0.15, 0.2) is 12.0 Å². The Morgan fingerprint density at radius 2 is 1.94 bits per heavy atom. The summed E-state index contributed by atoms with van der Waals surface area (Å²) < 4.78 is 33.9. The van der Waals surface area contributed by atoms with E-state index in [1.165, 1.54) is 6.26 Å². The summed E-state index contributed by atoms with van der Waals surface area (Å²) >= 11 is 0. The van der Waals surface area contributed by atoms with Gasteiger partial charge in [0.1, 0.15) is 11.0 Å². The van der Waals surface area contributed by atoms with E-state index in [4.69, 9.17) is 9.47 Å². The molecule has 0 bridgehead atoms. The highest BCUT2D eigenvalue weighted by atomic mass is 32.2. The van der Waals surface area contributed by atoms with E-state index in [-0.39, 0.29) is 6.61 Å². The third kappa shape index (κ3) is 1.73. The molecule has 1 saturated carbocycles. The maximum Gasteiger partial charge on any atom is 0.244 e. The molecule has 1 heterocycles. The summed E-state index contributed by atoms with van der Waals surface area (Å²) in [5.41, 5.74) is 0. The van der Waals surface area contributed by atoms with E-state index in [1.54, 1.807) is 27.7 Å². The maximum absolute atomic E-state index is 12.6. The van der Waals surface area contributed by atoms with Gasteiger partial charge in [0.25, 0.3) is 0 Å². The quantitative estimate of drug-likeness (QED) is 0.838. The summed E-state index contributed by atoms with van der Waals surface area (Å²) in [7, 11) is -3.53. The van der Waals surface area contributed by atoms with Crippen LogP contribution in [0.2, 0.25) is 0 Å². The Balaban J connectivity index is 2.33. The molecule has 0 unspecified atom stereocenters. The van der Waals surface area contributed by atoms with Crippen LogP contribution >= 0.6 is 0 Å². The van der Waals surface area contributed by atoms with Crippen molar-refractivity contribution >= 4 is 9.84 Å². The molecule has 1 fully saturated rings. The Bertz CT molecular complexity index is 483. The van der Waals surface area contributed by atoms with Crippen LogP contribution in [0.5, 0.6) is 0 Å². The number of hydrogen-bond acceptors (Lipinski definition) is 5. The van der Waals surface area contributed by atoms with E-state index in [9.17, 15) is 13.5 Å². The molecular formula is C12H20O5S. The van der Waals surface area contributed by atoms with Gasteiger partial charge in [-0.05, 0) is 26.7 Å². The molecule has 5 nitrogen and oxygen atoms in total. The fraction of sp³-hybridized carbons (Fsp3) is 0.833. The minimum Gasteiger partial charge on any atom is -0.457 e. The van der Waals surface area contributed by atoms with E-state index in [0.29, 0.717) is 18.6 Å². The first-order chi connectivity index (χ1) is 8.08. The zero-order chi connectivity index (χ0) is 13.8. The topological polar surface area (TPSA) is 72.8 Å². The summed E-state index contributed by atoms with van der Waals surface area (Å²) in [5.74, 6) is -0.537. The first kappa shape index (κ1) is 13.7. The van der Waals surface area contributed by atoms with Crippen molar-refractivity contribution in [2.24, 2.45) is 0 Å². The van der Waals surface area contributed by atoms with E-state index < -0.39 is 25.1 Å². The van der Waals surface area contributed by atoms with Gasteiger partial charge >= 0.3 is 0 Å². The molecule has 2 rings (SSSR count). The highest BCUT2D eigenvalue weighted by molar-refractivity contribution is 7.94. The highest BCUT2D eigenvalue weighted by Gasteiger charge is 2.62. The van der Waals surface area contributed by atoms with Gasteiger partial charge in [0.15, 0.2) is 15.6 Å². The average Bonchev–Trinajstić information content (AvgIpc) is 2.98. The molecule has 2 aliphatic rings. The smallest absolute Gasteiger partial charge is 0.244 e. The van der Waals surface area contributed by atoms with Crippen molar-refractivity contribution in [1.82, 2.24) is 0 Å². The third-order valence-corrected chi connectivity index (χ3v) is 6.96. The van der Waals surface area contributed by atoms with Gasteiger partial charge < -0.3 is 14.6 Å². The largest absolute Gasteiger partial charge is 0.457 e. The number of aliphatic hydroxyl groups excluding tert-OH is 1. The van der Waals surface area contributed by atoms with Gasteiger partial charge in [-0.3, -0.25) is 0 Å². The Morgan fingerprint density at radius 3 is 2.28 bits per heavy atom. The van der Waals surface area contributed by atoms with Crippen molar-refractivity contribution < 1.29 is 23.0 Å². The zero-order valence-electron chi connectivity index (χ0n) is 11.2. The van der Waals surface area contributed by atoms with Crippen molar-refractivity contribution in [2.45, 2.75) is 55.8 Å². The van der Waals surface area contributed by atoms with E-state index in [1.807, 2.05) is 0 Å². The lowest BCUT2D eigenvalue weighted by molar-refractivity contribution is -0.119. The minimum atomic E-state index is -3.53. The van der Waals surface area contributed by atoms with Crippen LogP contribution in [-0.4, -0.2) is 35.4 Å². The molecule has 0 aromatic carbocycles. The van der Waals surface area contributed by atoms with Crippen LogP contribution in [0.4, 0.5) is 0 Å². The maximum atomic E-state index is 12.6. The fourth-order valence-electron chi connectivity index (χ4n) is 2.10. The van der Waals surface area contributed by atoms with Gasteiger partial charge in [0.05, 0.1) is 11.4 Å². The standard InChI is InChI=1S/C12H20O5S/c1-10(2,9-7-16-11(3,4)17-9)18(14,15)12(8-13)5-6-12/h7,13H,5-6,8H2,1-4H3. The Labute approximate surface area is 108 Å². The molecule has 0 spiro atoms. The molecule has 0 amide bonds. The number of sulfone groups is 1. The highest BCUT2D eigenvalue weighted by Crippen LogP contribution is 2.50. The molecule has 6 heteroatoms. The van der Waals surface area contributed by atoms with Gasteiger partial charge in [0, 0.05) is 13.8 Å². The number of ether oxygens (including phenoxy) is 2. The predicted octanol–water partition coefficient (Wildman–Crippen LogP) is 1.33. The summed E-state index contributed by atoms with van der Waals surface area (Å²) in [6, 6.07) is 0.